The number of hydrogen-bond acceptors (Lipinski definition) is 11. The molecule has 0 aromatic rings. The maximum Gasteiger partial charge on any atom is 1.00 e. The van der Waals surface area contributed by atoms with Crippen LogP contribution in [-0.4, -0.2) is 74.7 Å². The van der Waals surface area contributed by atoms with E-state index in [2.05, 4.69) is 15.0 Å². The van der Waals surface area contributed by atoms with E-state index in [-0.39, 0.29) is 79.9 Å². The number of guanidine groups is 3. The normalized spacial score (nSPS) is 8.48. The molecule has 0 saturated carbocycles. The molecule has 0 rings (SSSR count). The first-order chi connectivity index (χ1) is 12.3. The number of rotatable bonds is 5. The van der Waals surface area contributed by atoms with Crippen LogP contribution < -0.4 is 93.5 Å². The standard InChI is InChI=1S/C3H9N3.2C2H7N3O3S.CH4.2Na.O3S.H/c1-2-6-3(4)5;2*3-2(4)5-1-9(6,7)8;;;;1-4(2)3;/h2H2,1H3,(H4,4,5,6);2*1H2,(H4,3,4,5)(H,6,7,8);1H4;;;;/q;;;;2*+1;;-1/p-1. The van der Waals surface area contributed by atoms with E-state index in [0.29, 0.717) is 6.54 Å². The number of aliphatic imine (C=N–C) groups is 3. The molecule has 0 saturated heterocycles. The molecular weight excluding hydrogens is 508 g/mol. The molecule has 0 aliphatic carbocycles. The van der Waals surface area contributed by atoms with Crippen LogP contribution in [0.2, 0.25) is 0 Å². The van der Waals surface area contributed by atoms with E-state index in [0.717, 1.165) is 0 Å². The minimum atomic E-state index is -4.32. The van der Waals surface area contributed by atoms with Crippen molar-refractivity contribution in [3.8, 4) is 0 Å². The van der Waals surface area contributed by atoms with Crippen LogP contribution in [0.15, 0.2) is 15.0 Å². The van der Waals surface area contributed by atoms with Gasteiger partial charge < -0.3 is 40.4 Å². The number of nitrogens with zero attached hydrogens (tertiary/aromatic N) is 3. The van der Waals surface area contributed by atoms with Gasteiger partial charge in [0.1, 0.15) is 16.0 Å². The van der Waals surface area contributed by atoms with E-state index in [9.17, 15) is 21.4 Å². The van der Waals surface area contributed by atoms with Gasteiger partial charge in [-0.3, -0.25) is 9.55 Å². The SMILES string of the molecule is C.CCN=C(N)N.NC(N)=NCS(=O)(=O)O.NC(N)=NCS(=O)(=O)[O-].O=S(=O)=O.[H-].[Na+].[Na+]. The topological polar surface area (TPSA) is 356 Å². The van der Waals surface area contributed by atoms with Crippen molar-refractivity contribution in [3.05, 3.63) is 0 Å². The Morgan fingerprint density at radius 1 is 0.839 bits per heavy atom. The Labute approximate surface area is 228 Å². The van der Waals surface area contributed by atoms with Crippen molar-refractivity contribution >= 4 is 48.7 Å². The van der Waals surface area contributed by atoms with Crippen molar-refractivity contribution in [3.63, 3.8) is 0 Å². The Hall–Kier alpha value is -0.750. The summed E-state index contributed by atoms with van der Waals surface area (Å²) >= 11 is 0. The average Bonchev–Trinajstić information content (AvgIpc) is 2.42. The summed E-state index contributed by atoms with van der Waals surface area (Å²) in [5.41, 5.74) is 28.8. The van der Waals surface area contributed by atoms with E-state index in [1.807, 2.05) is 6.92 Å². The quantitative estimate of drug-likeness (QED) is 0.0743. The van der Waals surface area contributed by atoms with Crippen LogP contribution in [-0.2, 0) is 30.8 Å². The van der Waals surface area contributed by atoms with Gasteiger partial charge in [0.05, 0.1) is 0 Å². The van der Waals surface area contributed by atoms with E-state index in [1.165, 1.54) is 0 Å². The summed E-state index contributed by atoms with van der Waals surface area (Å²) in [6.07, 6.45) is 0. The fourth-order valence-electron chi connectivity index (χ4n) is 0.492. The fourth-order valence-corrected chi connectivity index (χ4v) is 1.11. The molecule has 0 bridgehead atoms. The molecule has 0 aromatic heterocycles. The van der Waals surface area contributed by atoms with E-state index < -0.39 is 48.6 Å². The van der Waals surface area contributed by atoms with Gasteiger partial charge in [0, 0.05) is 6.54 Å². The smallest absolute Gasteiger partial charge is 1.00 e. The van der Waals surface area contributed by atoms with Gasteiger partial charge in [0.25, 0.3) is 10.1 Å². The van der Waals surface area contributed by atoms with Crippen molar-refractivity contribution in [1.82, 2.24) is 0 Å². The van der Waals surface area contributed by atoms with Gasteiger partial charge in [0.15, 0.2) is 23.8 Å². The molecule has 0 heterocycles. The molecule has 0 fully saturated rings. The van der Waals surface area contributed by atoms with E-state index >= 15 is 0 Å². The maximum atomic E-state index is 9.87. The molecule has 0 aliphatic heterocycles. The Morgan fingerprint density at radius 3 is 1.16 bits per heavy atom. The van der Waals surface area contributed by atoms with Crippen LogP contribution in [0.4, 0.5) is 0 Å². The molecule has 0 aliphatic rings. The van der Waals surface area contributed by atoms with Gasteiger partial charge in [0.2, 0.25) is 0 Å². The monoisotopic (exact) mass is 535 g/mol. The minimum Gasteiger partial charge on any atom is -1.00 e. The third kappa shape index (κ3) is 107. The number of nitrogens with two attached hydrogens (primary N) is 6. The molecule has 0 unspecified atom stereocenters. The Bertz CT molecular complexity index is 783. The zero-order valence-corrected chi connectivity index (χ0v) is 22.8. The average molecular weight is 536 g/mol. The van der Waals surface area contributed by atoms with Crippen molar-refractivity contribution < 1.29 is 99.1 Å². The second-order valence-electron chi connectivity index (χ2n) is 3.67. The van der Waals surface area contributed by atoms with Crippen molar-refractivity contribution in [2.45, 2.75) is 14.4 Å². The Balaban J connectivity index is -0.0000000398. The largest absolute Gasteiger partial charge is 1.00 e. The molecule has 0 spiro atoms. The summed E-state index contributed by atoms with van der Waals surface area (Å²) in [5, 5.41) is 0. The van der Waals surface area contributed by atoms with Gasteiger partial charge in [-0.2, -0.15) is 8.42 Å². The summed E-state index contributed by atoms with van der Waals surface area (Å²) in [5.74, 6) is -2.29. The molecule has 0 atom stereocenters. The molecule has 18 nitrogen and oxygen atoms in total. The predicted molar refractivity (Wildman–Crippen MR) is 106 cm³/mol. The molecule has 31 heavy (non-hydrogen) atoms. The van der Waals surface area contributed by atoms with Gasteiger partial charge in [-0.05, 0) is 6.92 Å². The van der Waals surface area contributed by atoms with E-state index in [1.54, 1.807) is 0 Å². The van der Waals surface area contributed by atoms with Gasteiger partial charge >= 0.3 is 69.7 Å². The predicted octanol–water partition coefficient (Wildman–Crippen LogP) is -11.1. The maximum absolute atomic E-state index is 9.87. The van der Waals surface area contributed by atoms with Crippen molar-refractivity contribution in [2.24, 2.45) is 49.4 Å². The van der Waals surface area contributed by atoms with Crippen molar-refractivity contribution in [2.75, 3.05) is 18.3 Å². The molecular formula is C8H27N9Na2O9S3. The second-order valence-corrected chi connectivity index (χ2v) is 6.87. The number of hydrogen-bond donors (Lipinski definition) is 7. The summed E-state index contributed by atoms with van der Waals surface area (Å²) in [7, 11) is -11.5. The van der Waals surface area contributed by atoms with Gasteiger partial charge in [-0.25, -0.2) is 18.4 Å². The third-order valence-corrected chi connectivity index (χ3v) is 2.06. The van der Waals surface area contributed by atoms with Gasteiger partial charge in [-0.15, -0.1) is 12.6 Å². The third-order valence-electron chi connectivity index (χ3n) is 1.16. The van der Waals surface area contributed by atoms with Crippen LogP contribution in [0.5, 0.6) is 0 Å². The van der Waals surface area contributed by atoms with E-state index in [4.69, 9.17) is 51.6 Å². The zero-order valence-electron chi connectivity index (χ0n) is 17.4. The minimum absolute atomic E-state index is 0. The van der Waals surface area contributed by atoms with Crippen LogP contribution in [0, 0.1) is 0 Å². The molecule has 23 heteroatoms. The fraction of sp³-hybridized carbons (Fsp3) is 0.625. The molecule has 0 amide bonds. The van der Waals surface area contributed by atoms with Crippen LogP contribution in [0.25, 0.3) is 0 Å². The zero-order chi connectivity index (χ0) is 23.6. The van der Waals surface area contributed by atoms with Crippen LogP contribution >= 0.6 is 0 Å². The summed E-state index contributed by atoms with van der Waals surface area (Å²) in [6.45, 7) is 2.54. The molecule has 178 valence electrons. The van der Waals surface area contributed by atoms with Gasteiger partial charge in [-0.1, -0.05) is 7.43 Å². The Kier molecular flexibility index (Phi) is 42.1. The van der Waals surface area contributed by atoms with Crippen LogP contribution in [0.1, 0.15) is 15.8 Å². The summed E-state index contributed by atoms with van der Waals surface area (Å²) < 4.78 is 82.4. The first-order valence-corrected chi connectivity index (χ1v) is 10.3. The molecule has 0 radical (unpaired) electrons. The first-order valence-electron chi connectivity index (χ1n) is 6.15. The van der Waals surface area contributed by atoms with Crippen molar-refractivity contribution in [1.29, 1.82) is 0 Å². The molecule has 0 aromatic carbocycles. The molecule has 13 N–H and O–H groups in total. The van der Waals surface area contributed by atoms with Crippen LogP contribution in [0.3, 0.4) is 0 Å². The first kappa shape index (κ1) is 47.9. The second kappa shape index (κ2) is 27.3. The Morgan fingerprint density at radius 2 is 1.10 bits per heavy atom. The summed E-state index contributed by atoms with van der Waals surface area (Å²) in [6, 6.07) is 0. The summed E-state index contributed by atoms with van der Waals surface area (Å²) in [4.78, 5) is 9.59.